The van der Waals surface area contributed by atoms with Crippen molar-refractivity contribution >= 4 is 9.84 Å². The molecule has 1 aromatic carbocycles. The first-order chi connectivity index (χ1) is 11.1. The summed E-state index contributed by atoms with van der Waals surface area (Å²) in [6.45, 7) is 3.42. The Morgan fingerprint density at radius 2 is 2.09 bits per heavy atom. The van der Waals surface area contributed by atoms with E-state index in [1.54, 1.807) is 30.3 Å². The summed E-state index contributed by atoms with van der Waals surface area (Å²) in [7, 11) is -3.23. The van der Waals surface area contributed by atoms with Crippen molar-refractivity contribution < 1.29 is 17.9 Å². The minimum Gasteiger partial charge on any atom is -0.353 e. The Hall–Kier alpha value is -1.17. The molecule has 5 heteroatoms. The van der Waals surface area contributed by atoms with E-state index < -0.39 is 9.84 Å². The van der Waals surface area contributed by atoms with Crippen LogP contribution in [0.25, 0.3) is 0 Å². The molecule has 0 radical (unpaired) electrons. The second-order valence-electron chi connectivity index (χ2n) is 5.92. The molecule has 1 aliphatic heterocycles. The Bertz CT molecular complexity index is 587. The van der Waals surface area contributed by atoms with Crippen LogP contribution in [0.3, 0.4) is 0 Å². The average molecular weight is 338 g/mol. The van der Waals surface area contributed by atoms with Crippen LogP contribution < -0.4 is 0 Å². The van der Waals surface area contributed by atoms with Crippen molar-refractivity contribution in [3.63, 3.8) is 0 Å². The fourth-order valence-electron chi connectivity index (χ4n) is 2.49. The molecule has 1 heterocycles. The van der Waals surface area contributed by atoms with Crippen molar-refractivity contribution in [1.82, 2.24) is 0 Å². The Morgan fingerprint density at radius 3 is 2.78 bits per heavy atom. The van der Waals surface area contributed by atoms with Gasteiger partial charge in [-0.05, 0) is 51.2 Å². The summed E-state index contributed by atoms with van der Waals surface area (Å²) in [6, 6.07) is 8.57. The standard InChI is InChI=1S/C18H26O4S/c1-16(8-7-14-22-18-11-5-6-13-21-18)12-15-23(19,20)17-9-3-2-4-10-17/h2-4,9-10,12,18H,5-8,11,13-15H2,1H3/b16-12+. The lowest BCUT2D eigenvalue weighted by Crippen LogP contribution is -2.22. The zero-order valence-corrected chi connectivity index (χ0v) is 14.6. The highest BCUT2D eigenvalue weighted by Crippen LogP contribution is 2.15. The number of hydrogen-bond donors (Lipinski definition) is 0. The third-order valence-corrected chi connectivity index (χ3v) is 5.51. The molecule has 0 spiro atoms. The second kappa shape index (κ2) is 9.21. The highest BCUT2D eigenvalue weighted by atomic mass is 32.2. The van der Waals surface area contributed by atoms with Gasteiger partial charge in [0.25, 0.3) is 0 Å². The van der Waals surface area contributed by atoms with Crippen molar-refractivity contribution in [2.75, 3.05) is 19.0 Å². The van der Waals surface area contributed by atoms with E-state index in [1.165, 1.54) is 6.42 Å². The van der Waals surface area contributed by atoms with Gasteiger partial charge in [0.15, 0.2) is 16.1 Å². The highest BCUT2D eigenvalue weighted by Gasteiger charge is 2.14. The molecule has 128 valence electrons. The number of ether oxygens (including phenoxy) is 2. The molecule has 0 N–H and O–H groups in total. The molecule has 1 aliphatic rings. The number of rotatable bonds is 8. The van der Waals surface area contributed by atoms with Crippen LogP contribution in [0.4, 0.5) is 0 Å². The molecule has 1 aromatic rings. The molecule has 23 heavy (non-hydrogen) atoms. The van der Waals surface area contributed by atoms with E-state index in [1.807, 2.05) is 13.0 Å². The quantitative estimate of drug-likeness (QED) is 0.535. The zero-order valence-electron chi connectivity index (χ0n) is 13.7. The second-order valence-corrected chi connectivity index (χ2v) is 7.95. The van der Waals surface area contributed by atoms with Gasteiger partial charge in [-0.3, -0.25) is 0 Å². The monoisotopic (exact) mass is 338 g/mol. The highest BCUT2D eigenvalue weighted by molar-refractivity contribution is 7.91. The third kappa shape index (κ3) is 6.45. The SMILES string of the molecule is C/C(=C\CS(=O)(=O)c1ccccc1)CCCOC1CCCCO1. The molecule has 4 nitrogen and oxygen atoms in total. The van der Waals surface area contributed by atoms with E-state index in [4.69, 9.17) is 9.47 Å². The van der Waals surface area contributed by atoms with Crippen LogP contribution in [0, 0.1) is 0 Å². The average Bonchev–Trinajstić information content (AvgIpc) is 2.59. The zero-order chi connectivity index (χ0) is 16.5. The van der Waals surface area contributed by atoms with Crippen LogP contribution in [-0.2, 0) is 19.3 Å². The first-order valence-corrected chi connectivity index (χ1v) is 9.90. The van der Waals surface area contributed by atoms with Gasteiger partial charge in [0.05, 0.1) is 17.3 Å². The Labute approximate surface area is 139 Å². The van der Waals surface area contributed by atoms with Crippen molar-refractivity contribution in [3.05, 3.63) is 42.0 Å². The maximum atomic E-state index is 12.2. The van der Waals surface area contributed by atoms with Crippen LogP contribution in [0.15, 0.2) is 46.9 Å². The Kier molecular flexibility index (Phi) is 7.27. The molecule has 1 atom stereocenters. The van der Waals surface area contributed by atoms with E-state index in [0.29, 0.717) is 11.5 Å². The van der Waals surface area contributed by atoms with Crippen molar-refractivity contribution in [1.29, 1.82) is 0 Å². The third-order valence-electron chi connectivity index (χ3n) is 3.91. The van der Waals surface area contributed by atoms with Crippen molar-refractivity contribution in [2.45, 2.75) is 50.2 Å². The van der Waals surface area contributed by atoms with E-state index in [2.05, 4.69) is 0 Å². The van der Waals surface area contributed by atoms with E-state index in [-0.39, 0.29) is 12.0 Å². The Morgan fingerprint density at radius 1 is 1.30 bits per heavy atom. The maximum Gasteiger partial charge on any atom is 0.181 e. The molecule has 1 unspecified atom stereocenters. The summed E-state index contributed by atoms with van der Waals surface area (Å²) in [5.74, 6) is 0.0510. The molecule has 2 rings (SSSR count). The van der Waals surface area contributed by atoms with Crippen LogP contribution in [-0.4, -0.2) is 33.7 Å². The van der Waals surface area contributed by atoms with Crippen LogP contribution in [0.5, 0.6) is 0 Å². The van der Waals surface area contributed by atoms with Gasteiger partial charge in [0.2, 0.25) is 0 Å². The lowest BCUT2D eigenvalue weighted by molar-refractivity contribution is -0.162. The molecule has 1 fully saturated rings. The van der Waals surface area contributed by atoms with Gasteiger partial charge in [-0.25, -0.2) is 8.42 Å². The van der Waals surface area contributed by atoms with Gasteiger partial charge in [-0.2, -0.15) is 0 Å². The number of hydrogen-bond acceptors (Lipinski definition) is 4. The molecule has 0 aliphatic carbocycles. The topological polar surface area (TPSA) is 52.6 Å². The predicted molar refractivity (Wildman–Crippen MR) is 91.0 cm³/mol. The van der Waals surface area contributed by atoms with Crippen molar-refractivity contribution in [3.8, 4) is 0 Å². The summed E-state index contributed by atoms with van der Waals surface area (Å²) in [4.78, 5) is 0.377. The minimum atomic E-state index is -3.23. The summed E-state index contributed by atoms with van der Waals surface area (Å²) in [5.41, 5.74) is 1.08. The summed E-state index contributed by atoms with van der Waals surface area (Å²) in [6.07, 6.45) is 6.75. The molecule has 0 aromatic heterocycles. The smallest absolute Gasteiger partial charge is 0.181 e. The summed E-state index contributed by atoms with van der Waals surface area (Å²) >= 11 is 0. The first-order valence-electron chi connectivity index (χ1n) is 8.24. The molecule has 0 amide bonds. The van der Waals surface area contributed by atoms with Gasteiger partial charge in [-0.1, -0.05) is 29.8 Å². The molecule has 0 bridgehead atoms. The normalized spacial score (nSPS) is 19.7. The molecule has 0 saturated carbocycles. The fraction of sp³-hybridized carbons (Fsp3) is 0.556. The van der Waals surface area contributed by atoms with Gasteiger partial charge in [-0.15, -0.1) is 0 Å². The lowest BCUT2D eigenvalue weighted by atomic mass is 10.1. The Balaban J connectivity index is 1.70. The van der Waals surface area contributed by atoms with E-state index in [0.717, 1.165) is 37.9 Å². The largest absolute Gasteiger partial charge is 0.353 e. The summed E-state index contributed by atoms with van der Waals surface area (Å²) in [5, 5.41) is 0. The fourth-order valence-corrected chi connectivity index (χ4v) is 3.75. The van der Waals surface area contributed by atoms with Gasteiger partial charge < -0.3 is 9.47 Å². The van der Waals surface area contributed by atoms with Gasteiger partial charge in [0, 0.05) is 6.61 Å². The van der Waals surface area contributed by atoms with E-state index in [9.17, 15) is 8.42 Å². The number of sulfone groups is 1. The van der Waals surface area contributed by atoms with Crippen molar-refractivity contribution in [2.24, 2.45) is 0 Å². The summed E-state index contributed by atoms with van der Waals surface area (Å²) < 4.78 is 35.6. The van der Waals surface area contributed by atoms with Crippen LogP contribution in [0.2, 0.25) is 0 Å². The first kappa shape index (κ1) is 18.2. The molecular weight excluding hydrogens is 312 g/mol. The molecule has 1 saturated heterocycles. The van der Waals surface area contributed by atoms with Gasteiger partial charge in [0.1, 0.15) is 0 Å². The lowest BCUT2D eigenvalue weighted by Gasteiger charge is -2.22. The maximum absolute atomic E-state index is 12.2. The predicted octanol–water partition coefficient (Wildman–Crippen LogP) is 3.73. The number of allylic oxidation sites excluding steroid dienone is 1. The number of benzene rings is 1. The molecular formula is C18H26O4S. The van der Waals surface area contributed by atoms with Crippen LogP contribution in [0.1, 0.15) is 39.0 Å². The van der Waals surface area contributed by atoms with Gasteiger partial charge >= 0.3 is 0 Å². The van der Waals surface area contributed by atoms with Crippen LogP contribution >= 0.6 is 0 Å². The van der Waals surface area contributed by atoms with E-state index >= 15 is 0 Å². The minimum absolute atomic E-state index is 0.0495.